The quantitative estimate of drug-likeness (QED) is 0.116. The molecule has 0 radical (unpaired) electrons. The topological polar surface area (TPSA) is 6.48 Å². The maximum atomic E-state index is 17.4. The first-order valence-corrected chi connectivity index (χ1v) is 24.7. The van der Waals surface area contributed by atoms with Crippen molar-refractivity contribution in [1.29, 1.82) is 0 Å². The molecule has 0 aromatic heterocycles. The van der Waals surface area contributed by atoms with Gasteiger partial charge in [0.2, 0.25) is 0 Å². The summed E-state index contributed by atoms with van der Waals surface area (Å²) in [6, 6.07) is 57.8. The van der Waals surface area contributed by atoms with Gasteiger partial charge in [0.25, 0.3) is 0 Å². The van der Waals surface area contributed by atoms with Gasteiger partial charge >= 0.3 is 0 Å². The number of para-hydroxylation sites is 4. The van der Waals surface area contributed by atoms with Crippen LogP contribution in [0.1, 0.15) is 66.8 Å². The summed E-state index contributed by atoms with van der Waals surface area (Å²) in [7, 11) is 0. The maximum Gasteiger partial charge on any atom is 0.186 e. The van der Waals surface area contributed by atoms with E-state index < -0.39 is 79.9 Å². The van der Waals surface area contributed by atoms with Crippen molar-refractivity contribution in [3.63, 3.8) is 0 Å². The Hall–Kier alpha value is -8.76. The molecule has 0 fully saturated rings. The van der Waals surface area contributed by atoms with Crippen molar-refractivity contribution in [2.45, 2.75) is 38.5 Å². The molecule has 0 atom stereocenters. The Kier molecular flexibility index (Phi) is 11.4. The third-order valence-electron chi connectivity index (χ3n) is 15.3. The zero-order valence-corrected chi connectivity index (χ0v) is 41.4. The predicted molar refractivity (Wildman–Crippen MR) is 284 cm³/mol. The Labute approximate surface area is 434 Å². The van der Waals surface area contributed by atoms with Gasteiger partial charge in [0.1, 0.15) is 11.4 Å². The molecule has 76 heavy (non-hydrogen) atoms. The second-order valence-corrected chi connectivity index (χ2v) is 19.7. The fraction of sp³-hybridized carbons (Fsp3) is 0.0909. The summed E-state index contributed by atoms with van der Waals surface area (Å²) in [5.74, 6) is -17.4. The standard InChI is InChI=1S/C66H44F8N2/c1-37-21-29-41(30-22-37)65(42-31-23-38(2)24-32-42)45-13-5-9-17-49(45)75(50-18-10-6-14-46(50)65)63-59(71)55(67)53(56(68)60(63)72)54-57(69)61(73)64(62(74)58(54)70)76-51-19-11-7-15-47(51)66(43-33-25-39(3)26-34-43,44-35-27-40(4)28-36-44)48-16-8-12-20-52(48)76/h5-36H,1-4H3. The van der Waals surface area contributed by atoms with Crippen LogP contribution >= 0.6 is 0 Å². The van der Waals surface area contributed by atoms with E-state index in [1.807, 2.05) is 125 Å². The van der Waals surface area contributed by atoms with Crippen LogP contribution in [0.25, 0.3) is 11.1 Å². The van der Waals surface area contributed by atoms with Crippen LogP contribution in [0.3, 0.4) is 0 Å². The molecule has 2 aliphatic heterocycles. The fourth-order valence-electron chi connectivity index (χ4n) is 11.8. The SMILES string of the molecule is Cc1ccc(C2(c3ccc(C)cc3)c3ccccc3N(c3c(F)c(F)c(-c4c(F)c(F)c(N5c6ccccc6C(c6ccc(C)cc6)(c6ccc(C)cc6)c6ccccc65)c(F)c4F)c(F)c3F)c3ccccc32)cc1. The molecular formula is C66H44F8N2. The number of halogens is 8. The Morgan fingerprint density at radius 1 is 0.250 bits per heavy atom. The van der Waals surface area contributed by atoms with Crippen LogP contribution in [0.5, 0.6) is 0 Å². The molecule has 2 aliphatic rings. The van der Waals surface area contributed by atoms with E-state index >= 15 is 35.1 Å². The van der Waals surface area contributed by atoms with Crippen LogP contribution in [0.2, 0.25) is 0 Å². The van der Waals surface area contributed by atoms with Gasteiger partial charge in [-0.25, -0.2) is 35.1 Å². The van der Waals surface area contributed by atoms with Crippen molar-refractivity contribution < 1.29 is 35.1 Å². The van der Waals surface area contributed by atoms with Crippen molar-refractivity contribution in [2.24, 2.45) is 0 Å². The molecule has 10 aromatic carbocycles. The van der Waals surface area contributed by atoms with Gasteiger partial charge in [-0.1, -0.05) is 192 Å². The van der Waals surface area contributed by atoms with Crippen LogP contribution in [-0.2, 0) is 10.8 Å². The fourth-order valence-corrected chi connectivity index (χ4v) is 11.8. The average molecular weight is 1020 g/mol. The number of aryl methyl sites for hydroxylation is 4. The highest BCUT2D eigenvalue weighted by Gasteiger charge is 2.50. The van der Waals surface area contributed by atoms with Gasteiger partial charge in [0, 0.05) is 0 Å². The lowest BCUT2D eigenvalue weighted by atomic mass is 9.62. The molecule has 2 heterocycles. The van der Waals surface area contributed by atoms with Gasteiger partial charge < -0.3 is 9.80 Å². The highest BCUT2D eigenvalue weighted by molar-refractivity contribution is 5.93. The highest BCUT2D eigenvalue weighted by Crippen LogP contribution is 2.61. The van der Waals surface area contributed by atoms with E-state index in [1.54, 1.807) is 97.1 Å². The molecule has 0 N–H and O–H groups in total. The van der Waals surface area contributed by atoms with E-state index in [2.05, 4.69) is 0 Å². The molecule has 0 saturated heterocycles. The minimum absolute atomic E-state index is 0.126. The largest absolute Gasteiger partial charge is 0.304 e. The van der Waals surface area contributed by atoms with Gasteiger partial charge in [0.05, 0.1) is 44.7 Å². The molecule has 12 rings (SSSR count). The smallest absolute Gasteiger partial charge is 0.186 e. The van der Waals surface area contributed by atoms with E-state index in [0.717, 1.165) is 54.3 Å². The number of fused-ring (bicyclic) bond motifs is 4. The predicted octanol–water partition coefficient (Wildman–Crippen LogP) is 18.0. The summed E-state index contributed by atoms with van der Waals surface area (Å²) in [4.78, 5) is 2.06. The number of hydrogen-bond acceptors (Lipinski definition) is 2. The molecule has 0 saturated carbocycles. The summed E-state index contributed by atoms with van der Waals surface area (Å²) in [5, 5.41) is 0. The van der Waals surface area contributed by atoms with Crippen molar-refractivity contribution in [1.82, 2.24) is 0 Å². The number of benzene rings is 10. The lowest BCUT2D eigenvalue weighted by Crippen LogP contribution is -2.38. The van der Waals surface area contributed by atoms with E-state index in [4.69, 9.17) is 0 Å². The maximum absolute atomic E-state index is 17.4. The van der Waals surface area contributed by atoms with Crippen LogP contribution in [0.4, 0.5) is 69.2 Å². The van der Waals surface area contributed by atoms with Gasteiger partial charge in [-0.3, -0.25) is 0 Å². The monoisotopic (exact) mass is 1020 g/mol. The van der Waals surface area contributed by atoms with Gasteiger partial charge in [-0.15, -0.1) is 0 Å². The first-order valence-electron chi connectivity index (χ1n) is 24.7. The lowest BCUT2D eigenvalue weighted by molar-refractivity contribution is 0.444. The van der Waals surface area contributed by atoms with E-state index in [9.17, 15) is 0 Å². The van der Waals surface area contributed by atoms with Crippen molar-refractivity contribution >= 4 is 34.1 Å². The first kappa shape index (κ1) is 48.2. The van der Waals surface area contributed by atoms with E-state index in [-0.39, 0.29) is 22.7 Å². The summed E-state index contributed by atoms with van der Waals surface area (Å²) in [6.45, 7) is 7.76. The molecular weight excluding hydrogens is 973 g/mol. The molecule has 10 heteroatoms. The van der Waals surface area contributed by atoms with Gasteiger partial charge in [-0.05, 0) is 96.5 Å². The zero-order chi connectivity index (χ0) is 52.9. The van der Waals surface area contributed by atoms with Crippen molar-refractivity contribution in [3.8, 4) is 11.1 Å². The van der Waals surface area contributed by atoms with E-state index in [1.165, 1.54) is 0 Å². The van der Waals surface area contributed by atoms with Crippen LogP contribution in [-0.4, -0.2) is 0 Å². The minimum atomic E-state index is -2.28. The molecule has 0 aliphatic carbocycles. The number of anilines is 6. The van der Waals surface area contributed by atoms with Gasteiger partial charge in [-0.2, -0.15) is 0 Å². The number of hydrogen-bond donors (Lipinski definition) is 0. The highest BCUT2D eigenvalue weighted by atomic mass is 19.2. The number of nitrogens with zero attached hydrogens (tertiary/aromatic N) is 2. The minimum Gasteiger partial charge on any atom is -0.304 e. The zero-order valence-electron chi connectivity index (χ0n) is 41.4. The summed E-state index contributed by atoms with van der Waals surface area (Å²) >= 11 is 0. The second kappa shape index (κ2) is 18.0. The Bertz CT molecular complexity index is 3460. The molecule has 0 unspecified atom stereocenters. The average Bonchev–Trinajstić information content (AvgIpc) is 3.53. The van der Waals surface area contributed by atoms with E-state index in [0.29, 0.717) is 22.3 Å². The summed E-state index contributed by atoms with van der Waals surface area (Å²) in [5.41, 5.74) is 0.680. The summed E-state index contributed by atoms with van der Waals surface area (Å²) < 4.78 is 138. The molecule has 2 nitrogen and oxygen atoms in total. The van der Waals surface area contributed by atoms with Crippen LogP contribution < -0.4 is 9.80 Å². The van der Waals surface area contributed by atoms with Gasteiger partial charge in [0.15, 0.2) is 46.5 Å². The number of rotatable bonds is 7. The molecule has 0 amide bonds. The third-order valence-corrected chi connectivity index (χ3v) is 15.3. The molecule has 0 spiro atoms. The third kappa shape index (κ3) is 6.78. The molecule has 0 bridgehead atoms. The van der Waals surface area contributed by atoms with Crippen molar-refractivity contribution in [2.75, 3.05) is 9.80 Å². The molecule has 374 valence electrons. The second-order valence-electron chi connectivity index (χ2n) is 19.7. The van der Waals surface area contributed by atoms with Crippen LogP contribution in [0.15, 0.2) is 194 Å². The Balaban J connectivity index is 1.05. The normalized spacial score (nSPS) is 13.9. The van der Waals surface area contributed by atoms with Crippen molar-refractivity contribution in [3.05, 3.63) is 307 Å². The molecule has 10 aromatic rings. The Morgan fingerprint density at radius 3 is 0.658 bits per heavy atom. The van der Waals surface area contributed by atoms with Crippen LogP contribution in [0, 0.1) is 74.2 Å². The Morgan fingerprint density at radius 2 is 0.447 bits per heavy atom. The first-order chi connectivity index (χ1) is 36.7. The summed E-state index contributed by atoms with van der Waals surface area (Å²) in [6.07, 6.45) is 0. The lowest BCUT2D eigenvalue weighted by Gasteiger charge is -2.46.